The van der Waals surface area contributed by atoms with Crippen LogP contribution in [0.25, 0.3) is 0 Å². The summed E-state index contributed by atoms with van der Waals surface area (Å²) in [5.74, 6) is -1.36. The van der Waals surface area contributed by atoms with E-state index < -0.39 is 38.0 Å². The third-order valence-electron chi connectivity index (χ3n) is 4.92. The molecule has 0 unspecified atom stereocenters. The van der Waals surface area contributed by atoms with Crippen LogP contribution in [-0.2, 0) is 9.84 Å². The number of nitro benzene ring substituents is 1. The maximum Gasteiger partial charge on any atom is 0.269 e. The second-order valence-electron chi connectivity index (χ2n) is 7.15. The SMILES string of the molecule is Cc1ccc(S(=O)(=O)[C@@H](CC(=O)c2ccc(Cl)cc2)C(=O)c2ccc([N+](=O)[O-])cc2)cc1. The smallest absolute Gasteiger partial charge is 0.269 e. The topological polar surface area (TPSA) is 111 Å². The van der Waals surface area contributed by atoms with Crippen LogP contribution in [-0.4, -0.2) is 30.2 Å². The van der Waals surface area contributed by atoms with Gasteiger partial charge in [-0.3, -0.25) is 19.7 Å². The molecule has 0 saturated carbocycles. The minimum absolute atomic E-state index is 0.0415. The van der Waals surface area contributed by atoms with Crippen LogP contribution in [0.1, 0.15) is 32.7 Å². The summed E-state index contributed by atoms with van der Waals surface area (Å²) < 4.78 is 26.7. The normalized spacial score (nSPS) is 12.2. The fourth-order valence-electron chi connectivity index (χ4n) is 3.09. The van der Waals surface area contributed by atoms with E-state index in [1.165, 1.54) is 48.5 Å². The van der Waals surface area contributed by atoms with Crippen molar-refractivity contribution in [3.05, 3.63) is 105 Å². The number of aryl methyl sites for hydroxylation is 1. The van der Waals surface area contributed by atoms with Crippen molar-refractivity contribution in [2.24, 2.45) is 0 Å². The molecule has 7 nitrogen and oxygen atoms in total. The van der Waals surface area contributed by atoms with Crippen LogP contribution in [0.15, 0.2) is 77.7 Å². The van der Waals surface area contributed by atoms with Crippen molar-refractivity contribution in [1.82, 2.24) is 0 Å². The highest BCUT2D eigenvalue weighted by Gasteiger charge is 2.36. The Kier molecular flexibility index (Phi) is 6.86. The molecule has 3 aromatic carbocycles. The van der Waals surface area contributed by atoms with Gasteiger partial charge in [-0.05, 0) is 55.5 Å². The number of carbonyl (C=O) groups excluding carboxylic acids is 2. The maximum absolute atomic E-state index is 13.4. The molecule has 0 fully saturated rings. The number of nitro groups is 1. The summed E-state index contributed by atoms with van der Waals surface area (Å²) in [5, 5.41) is 9.60. The molecule has 3 aromatic rings. The predicted molar refractivity (Wildman–Crippen MR) is 120 cm³/mol. The highest BCUT2D eigenvalue weighted by Crippen LogP contribution is 2.25. The number of hydrogen-bond acceptors (Lipinski definition) is 6. The lowest BCUT2D eigenvalue weighted by molar-refractivity contribution is -0.384. The Hall–Kier alpha value is -3.36. The first-order valence-corrected chi connectivity index (χ1v) is 11.4. The lowest BCUT2D eigenvalue weighted by Crippen LogP contribution is -2.33. The van der Waals surface area contributed by atoms with Crippen molar-refractivity contribution in [3.8, 4) is 0 Å². The van der Waals surface area contributed by atoms with E-state index in [0.717, 1.165) is 17.7 Å². The number of nitrogens with zero attached hydrogens (tertiary/aromatic N) is 1. The van der Waals surface area contributed by atoms with E-state index >= 15 is 0 Å². The molecule has 0 heterocycles. The number of non-ortho nitro benzene ring substituents is 1. The van der Waals surface area contributed by atoms with Gasteiger partial charge in [-0.25, -0.2) is 8.42 Å². The molecule has 0 bridgehead atoms. The van der Waals surface area contributed by atoms with Crippen LogP contribution in [0.3, 0.4) is 0 Å². The predicted octanol–water partition coefficient (Wildman–Crippen LogP) is 4.85. The molecular formula is C23H18ClNO6S. The van der Waals surface area contributed by atoms with Gasteiger partial charge in [0.2, 0.25) is 0 Å². The average Bonchev–Trinajstić information content (AvgIpc) is 2.77. The van der Waals surface area contributed by atoms with Crippen molar-refractivity contribution in [3.63, 3.8) is 0 Å². The van der Waals surface area contributed by atoms with Gasteiger partial charge in [-0.1, -0.05) is 29.3 Å². The Bertz CT molecular complexity index is 1270. The number of sulfone groups is 1. The standard InChI is InChI=1S/C23H18ClNO6S/c1-15-2-12-20(13-3-15)32(30,31)22(14-21(26)16-4-8-18(24)9-5-16)23(27)17-6-10-19(11-7-17)25(28)29/h2-13,22H,14H2,1H3/t22-/m0/s1. The van der Waals surface area contributed by atoms with Crippen LogP contribution in [0.5, 0.6) is 0 Å². The van der Waals surface area contributed by atoms with Crippen LogP contribution in [0, 0.1) is 17.0 Å². The van der Waals surface area contributed by atoms with E-state index in [-0.39, 0.29) is 21.7 Å². The first-order valence-electron chi connectivity index (χ1n) is 9.47. The second-order valence-corrected chi connectivity index (χ2v) is 9.72. The number of benzene rings is 3. The van der Waals surface area contributed by atoms with Crippen LogP contribution in [0.4, 0.5) is 5.69 Å². The van der Waals surface area contributed by atoms with Crippen molar-refractivity contribution in [1.29, 1.82) is 0 Å². The van der Waals surface area contributed by atoms with E-state index in [4.69, 9.17) is 11.6 Å². The van der Waals surface area contributed by atoms with E-state index in [1.807, 2.05) is 0 Å². The Balaban J connectivity index is 2.02. The van der Waals surface area contributed by atoms with Crippen molar-refractivity contribution in [2.45, 2.75) is 23.5 Å². The molecule has 32 heavy (non-hydrogen) atoms. The van der Waals surface area contributed by atoms with Crippen molar-refractivity contribution >= 4 is 38.7 Å². The van der Waals surface area contributed by atoms with Gasteiger partial charge in [0, 0.05) is 34.7 Å². The number of hydrogen-bond donors (Lipinski definition) is 0. The van der Waals surface area contributed by atoms with E-state index in [1.54, 1.807) is 19.1 Å². The minimum Gasteiger partial charge on any atom is -0.294 e. The summed E-state index contributed by atoms with van der Waals surface area (Å²) in [6.07, 6.45) is -0.590. The van der Waals surface area contributed by atoms with Crippen molar-refractivity contribution < 1.29 is 22.9 Å². The number of rotatable bonds is 8. The molecule has 0 spiro atoms. The molecule has 0 aliphatic carbocycles. The lowest BCUT2D eigenvalue weighted by atomic mass is 10.0. The zero-order chi connectivity index (χ0) is 23.5. The highest BCUT2D eigenvalue weighted by atomic mass is 35.5. The van der Waals surface area contributed by atoms with Gasteiger partial charge in [0.1, 0.15) is 5.25 Å². The molecule has 0 amide bonds. The molecular weight excluding hydrogens is 454 g/mol. The van der Waals surface area contributed by atoms with Crippen molar-refractivity contribution in [2.75, 3.05) is 0 Å². The zero-order valence-electron chi connectivity index (χ0n) is 16.9. The number of ketones is 2. The molecule has 0 radical (unpaired) electrons. The van der Waals surface area contributed by atoms with Crippen LogP contribution < -0.4 is 0 Å². The number of carbonyl (C=O) groups is 2. The van der Waals surface area contributed by atoms with Gasteiger partial charge >= 0.3 is 0 Å². The van der Waals surface area contributed by atoms with E-state index in [2.05, 4.69) is 0 Å². The summed E-state index contributed by atoms with van der Waals surface area (Å²) in [4.78, 5) is 36.2. The Morgan fingerprint density at radius 1 is 0.906 bits per heavy atom. The van der Waals surface area contributed by atoms with Crippen LogP contribution in [0.2, 0.25) is 5.02 Å². The average molecular weight is 472 g/mol. The molecule has 0 aliphatic heterocycles. The fourth-order valence-corrected chi connectivity index (χ4v) is 4.85. The molecule has 0 aromatic heterocycles. The minimum atomic E-state index is -4.23. The maximum atomic E-state index is 13.4. The van der Waals surface area contributed by atoms with Crippen LogP contribution >= 0.6 is 11.6 Å². The largest absolute Gasteiger partial charge is 0.294 e. The van der Waals surface area contributed by atoms with Gasteiger partial charge in [-0.15, -0.1) is 0 Å². The first kappa shape index (κ1) is 23.3. The molecule has 0 N–H and O–H groups in total. The molecule has 0 saturated heterocycles. The molecule has 3 rings (SSSR count). The molecule has 9 heteroatoms. The van der Waals surface area contributed by atoms with Gasteiger partial charge in [0.15, 0.2) is 21.4 Å². The Labute approximate surface area is 189 Å². The summed E-state index contributed by atoms with van der Waals surface area (Å²) in [6.45, 7) is 1.79. The monoisotopic (exact) mass is 471 g/mol. The lowest BCUT2D eigenvalue weighted by Gasteiger charge is -2.17. The summed E-state index contributed by atoms with van der Waals surface area (Å²) in [7, 11) is -4.23. The van der Waals surface area contributed by atoms with Gasteiger partial charge < -0.3 is 0 Å². The van der Waals surface area contributed by atoms with Gasteiger partial charge in [0.05, 0.1) is 9.82 Å². The third kappa shape index (κ3) is 5.09. The Morgan fingerprint density at radius 3 is 1.97 bits per heavy atom. The molecule has 0 aliphatic rings. The molecule has 1 atom stereocenters. The quantitative estimate of drug-likeness (QED) is 0.263. The van der Waals surface area contributed by atoms with Gasteiger partial charge in [-0.2, -0.15) is 0 Å². The number of halogens is 1. The first-order chi connectivity index (χ1) is 15.1. The highest BCUT2D eigenvalue weighted by molar-refractivity contribution is 7.92. The van der Waals surface area contributed by atoms with E-state index in [9.17, 15) is 28.1 Å². The second kappa shape index (κ2) is 9.42. The summed E-state index contributed by atoms with van der Waals surface area (Å²) >= 11 is 5.84. The van der Waals surface area contributed by atoms with E-state index in [0.29, 0.717) is 5.02 Å². The number of Topliss-reactive ketones (excluding diaryl/α,β-unsaturated/α-hetero) is 2. The van der Waals surface area contributed by atoms with Gasteiger partial charge in [0.25, 0.3) is 5.69 Å². The third-order valence-corrected chi connectivity index (χ3v) is 7.23. The summed E-state index contributed by atoms with van der Waals surface area (Å²) in [6, 6.07) is 16.5. The Morgan fingerprint density at radius 2 is 1.44 bits per heavy atom. The summed E-state index contributed by atoms with van der Waals surface area (Å²) in [5.41, 5.74) is 0.770. The fraction of sp³-hybridized carbons (Fsp3) is 0.130. The zero-order valence-corrected chi connectivity index (χ0v) is 18.5. The molecule has 164 valence electrons.